The first kappa shape index (κ1) is 11.1. The maximum Gasteiger partial charge on any atom is 0.220 e. The van der Waals surface area contributed by atoms with Crippen LogP contribution in [0.25, 0.3) is 0 Å². The van der Waals surface area contributed by atoms with Crippen molar-refractivity contribution in [3.63, 3.8) is 0 Å². The van der Waals surface area contributed by atoms with E-state index in [0.29, 0.717) is 12.5 Å². The first-order valence-corrected chi connectivity index (χ1v) is 6.59. The number of halogens is 1. The van der Waals surface area contributed by atoms with Gasteiger partial charge in [-0.05, 0) is 34.5 Å². The highest BCUT2D eigenvalue weighted by Crippen LogP contribution is 2.22. The third kappa shape index (κ3) is 3.29. The van der Waals surface area contributed by atoms with Crippen molar-refractivity contribution < 1.29 is 4.79 Å². The molecule has 1 aromatic heterocycles. The van der Waals surface area contributed by atoms with Crippen molar-refractivity contribution in [1.29, 1.82) is 0 Å². The van der Waals surface area contributed by atoms with Crippen molar-refractivity contribution >= 4 is 33.2 Å². The number of hydrogen-bond donors (Lipinski definition) is 2. The van der Waals surface area contributed by atoms with Gasteiger partial charge in [0.2, 0.25) is 5.91 Å². The van der Waals surface area contributed by atoms with Gasteiger partial charge in [-0.25, -0.2) is 0 Å². The fourth-order valence-electron chi connectivity index (χ4n) is 1.60. The van der Waals surface area contributed by atoms with E-state index in [9.17, 15) is 4.79 Å². The zero-order valence-corrected chi connectivity index (χ0v) is 10.7. The molecule has 3 nitrogen and oxygen atoms in total. The van der Waals surface area contributed by atoms with Crippen LogP contribution in [0.4, 0.5) is 0 Å². The largest absolute Gasteiger partial charge is 0.355 e. The average Bonchev–Trinajstić information content (AvgIpc) is 2.64. The smallest absolute Gasteiger partial charge is 0.220 e. The summed E-state index contributed by atoms with van der Waals surface area (Å²) in [6, 6.07) is 4.59. The van der Waals surface area contributed by atoms with Crippen LogP contribution >= 0.6 is 27.3 Å². The normalized spacial score (nSPS) is 21.4. The van der Waals surface area contributed by atoms with Gasteiger partial charge in [0.1, 0.15) is 0 Å². The van der Waals surface area contributed by atoms with Crippen LogP contribution in [-0.4, -0.2) is 18.5 Å². The Labute approximate surface area is 101 Å². The molecule has 1 unspecified atom stereocenters. The maximum atomic E-state index is 10.9. The highest BCUT2D eigenvalue weighted by molar-refractivity contribution is 9.11. The summed E-state index contributed by atoms with van der Waals surface area (Å²) < 4.78 is 1.16. The maximum absolute atomic E-state index is 10.9. The average molecular weight is 289 g/mol. The molecule has 2 N–H and O–H groups in total. The van der Waals surface area contributed by atoms with Gasteiger partial charge < -0.3 is 10.6 Å². The first-order valence-electron chi connectivity index (χ1n) is 4.98. The van der Waals surface area contributed by atoms with Crippen LogP contribution in [0, 0.1) is 0 Å². The molecule has 1 aliphatic heterocycles. The summed E-state index contributed by atoms with van der Waals surface area (Å²) in [6.45, 7) is 1.64. The molecule has 5 heteroatoms. The number of nitrogens with one attached hydrogen (secondary N) is 2. The molecule has 0 aromatic carbocycles. The van der Waals surface area contributed by atoms with Crippen molar-refractivity contribution in [3.05, 3.63) is 20.8 Å². The fourth-order valence-corrected chi connectivity index (χ4v) is 3.03. The van der Waals surface area contributed by atoms with Crippen LogP contribution in [0.1, 0.15) is 17.7 Å². The molecule has 1 saturated heterocycles. The van der Waals surface area contributed by atoms with Crippen molar-refractivity contribution in [2.45, 2.75) is 25.4 Å². The van der Waals surface area contributed by atoms with E-state index in [-0.39, 0.29) is 5.91 Å². The highest BCUT2D eigenvalue weighted by atomic mass is 79.9. The fraction of sp³-hybridized carbons (Fsp3) is 0.500. The summed E-state index contributed by atoms with van der Waals surface area (Å²) >= 11 is 5.18. The summed E-state index contributed by atoms with van der Waals surface area (Å²) in [4.78, 5) is 12.3. The Bertz CT molecular complexity index is 343. The zero-order valence-electron chi connectivity index (χ0n) is 8.25. The minimum Gasteiger partial charge on any atom is -0.355 e. The molecule has 2 heterocycles. The van der Waals surface area contributed by atoms with Gasteiger partial charge in [-0.3, -0.25) is 4.79 Å². The van der Waals surface area contributed by atoms with Crippen molar-refractivity contribution in [3.8, 4) is 0 Å². The molecule has 0 saturated carbocycles. The van der Waals surface area contributed by atoms with Crippen molar-refractivity contribution in [2.75, 3.05) is 6.54 Å². The Kier molecular flexibility index (Phi) is 3.77. The summed E-state index contributed by atoms with van der Waals surface area (Å²) in [5.41, 5.74) is 0. The van der Waals surface area contributed by atoms with Crippen LogP contribution in [0.3, 0.4) is 0 Å². The van der Waals surface area contributed by atoms with Gasteiger partial charge in [0, 0.05) is 30.4 Å². The van der Waals surface area contributed by atoms with Crippen LogP contribution < -0.4 is 10.6 Å². The Hall–Kier alpha value is -0.390. The summed E-state index contributed by atoms with van der Waals surface area (Å²) in [5, 5.41) is 6.31. The molecule has 0 bridgehead atoms. The second-order valence-electron chi connectivity index (χ2n) is 3.63. The Morgan fingerprint density at radius 1 is 1.60 bits per heavy atom. The molecule has 15 heavy (non-hydrogen) atoms. The number of hydrogen-bond acceptors (Lipinski definition) is 3. The van der Waals surface area contributed by atoms with Gasteiger partial charge in [0.05, 0.1) is 3.79 Å². The lowest BCUT2D eigenvalue weighted by molar-refractivity contribution is -0.122. The predicted molar refractivity (Wildman–Crippen MR) is 64.9 cm³/mol. The molecule has 1 atom stereocenters. The van der Waals surface area contributed by atoms with E-state index in [4.69, 9.17) is 0 Å². The number of carbonyl (C=O) groups excluding carboxylic acids is 1. The quantitative estimate of drug-likeness (QED) is 0.892. The van der Waals surface area contributed by atoms with Gasteiger partial charge in [-0.15, -0.1) is 11.3 Å². The second kappa shape index (κ2) is 5.09. The lowest BCUT2D eigenvalue weighted by Gasteiger charge is -2.23. The standard InChI is InChI=1S/C10H13BrN2OS/c11-9-3-2-8(15-9)6-12-7-1-4-10(14)13-5-7/h2-3,7,12H,1,4-6H2,(H,13,14). The monoisotopic (exact) mass is 288 g/mol. The predicted octanol–water partition coefficient (Wildman–Crippen LogP) is 1.88. The van der Waals surface area contributed by atoms with E-state index < -0.39 is 0 Å². The zero-order chi connectivity index (χ0) is 10.7. The number of thiophene rings is 1. The molecule has 0 aliphatic carbocycles. The summed E-state index contributed by atoms with van der Waals surface area (Å²) in [7, 11) is 0. The topological polar surface area (TPSA) is 41.1 Å². The summed E-state index contributed by atoms with van der Waals surface area (Å²) in [6.07, 6.45) is 1.59. The highest BCUT2D eigenvalue weighted by Gasteiger charge is 2.17. The number of carbonyl (C=O) groups is 1. The van der Waals surface area contributed by atoms with Gasteiger partial charge in [-0.2, -0.15) is 0 Å². The third-order valence-corrected chi connectivity index (χ3v) is 4.08. The van der Waals surface area contributed by atoms with E-state index in [2.05, 4.69) is 38.7 Å². The van der Waals surface area contributed by atoms with Crippen molar-refractivity contribution in [1.82, 2.24) is 10.6 Å². The Morgan fingerprint density at radius 2 is 2.47 bits per heavy atom. The van der Waals surface area contributed by atoms with Crippen LogP contribution in [0.2, 0.25) is 0 Å². The van der Waals surface area contributed by atoms with E-state index in [0.717, 1.165) is 23.3 Å². The molecule has 2 rings (SSSR count). The molecule has 1 amide bonds. The minimum absolute atomic E-state index is 0.173. The third-order valence-electron chi connectivity index (χ3n) is 2.46. The SMILES string of the molecule is O=C1CCC(NCc2ccc(Br)s2)CN1. The Balaban J connectivity index is 1.76. The van der Waals surface area contributed by atoms with Gasteiger partial charge in [0.25, 0.3) is 0 Å². The molecular formula is C10H13BrN2OS. The molecule has 0 spiro atoms. The first-order chi connectivity index (χ1) is 7.24. The molecule has 82 valence electrons. The number of piperidine rings is 1. The number of rotatable bonds is 3. The van der Waals surface area contributed by atoms with Crippen LogP contribution in [-0.2, 0) is 11.3 Å². The number of amides is 1. The van der Waals surface area contributed by atoms with Gasteiger partial charge >= 0.3 is 0 Å². The van der Waals surface area contributed by atoms with E-state index in [1.807, 2.05) is 0 Å². The van der Waals surface area contributed by atoms with E-state index in [1.165, 1.54) is 4.88 Å². The molecule has 1 aliphatic rings. The molecule has 1 aromatic rings. The van der Waals surface area contributed by atoms with Crippen molar-refractivity contribution in [2.24, 2.45) is 0 Å². The minimum atomic E-state index is 0.173. The molecule has 0 radical (unpaired) electrons. The van der Waals surface area contributed by atoms with Crippen LogP contribution in [0.15, 0.2) is 15.9 Å². The molecular weight excluding hydrogens is 276 g/mol. The second-order valence-corrected chi connectivity index (χ2v) is 6.17. The lowest BCUT2D eigenvalue weighted by Crippen LogP contribution is -2.45. The Morgan fingerprint density at radius 3 is 3.07 bits per heavy atom. The van der Waals surface area contributed by atoms with Gasteiger partial charge in [0.15, 0.2) is 0 Å². The van der Waals surface area contributed by atoms with Crippen LogP contribution in [0.5, 0.6) is 0 Å². The molecule has 1 fully saturated rings. The van der Waals surface area contributed by atoms with Gasteiger partial charge in [-0.1, -0.05) is 0 Å². The summed E-state index contributed by atoms with van der Waals surface area (Å²) in [5.74, 6) is 0.173. The lowest BCUT2D eigenvalue weighted by atomic mass is 10.1. The van der Waals surface area contributed by atoms with E-state index in [1.54, 1.807) is 11.3 Å². The van der Waals surface area contributed by atoms with E-state index >= 15 is 0 Å².